The van der Waals surface area contributed by atoms with E-state index >= 15 is 0 Å². The Morgan fingerprint density at radius 2 is 2.25 bits per heavy atom. The highest BCUT2D eigenvalue weighted by atomic mass is 32.1. The zero-order valence-electron chi connectivity index (χ0n) is 6.94. The number of carbonyl (C=O) groups is 1. The van der Waals surface area contributed by atoms with Gasteiger partial charge in [-0.25, -0.2) is 0 Å². The molecule has 0 atom stereocenters. The van der Waals surface area contributed by atoms with Crippen molar-refractivity contribution in [2.45, 2.75) is 0 Å². The third-order valence-corrected chi connectivity index (χ3v) is 1.45. The van der Waals surface area contributed by atoms with Gasteiger partial charge in [-0.15, -0.1) is 0 Å². The predicted molar refractivity (Wildman–Crippen MR) is 45.0 cm³/mol. The van der Waals surface area contributed by atoms with Crippen LogP contribution in [0.25, 0.3) is 0 Å². The number of thiocarbonyl (C=S) groups is 1. The summed E-state index contributed by atoms with van der Waals surface area (Å²) in [6.45, 7) is 2.91. The molecule has 12 heavy (non-hydrogen) atoms. The maximum absolute atomic E-state index is 10.1. The molecule has 0 radical (unpaired) electrons. The minimum atomic E-state index is -1.41. The van der Waals surface area contributed by atoms with E-state index in [0.717, 1.165) is 0 Å². The summed E-state index contributed by atoms with van der Waals surface area (Å²) in [5.41, 5.74) is 0. The zero-order chi connectivity index (χ0) is 9.72. The molecule has 0 unspecified atom stereocenters. The molecule has 0 aliphatic heterocycles. The van der Waals surface area contributed by atoms with Crippen LogP contribution in [0.5, 0.6) is 0 Å². The highest BCUT2D eigenvalue weighted by Crippen LogP contribution is 1.86. The fourth-order valence-electron chi connectivity index (χ4n) is 0.315. The van der Waals surface area contributed by atoms with Crippen LogP contribution in [0.4, 0.5) is 4.79 Å². The van der Waals surface area contributed by atoms with E-state index in [2.05, 4.69) is 6.72 Å². The van der Waals surface area contributed by atoms with Crippen LogP contribution in [0.3, 0.4) is 0 Å². The predicted octanol–water partition coefficient (Wildman–Crippen LogP) is -1.14. The Morgan fingerprint density at radius 3 is 2.58 bits per heavy atom. The molecule has 0 heterocycles. The number of carbonyl (C=O) groups excluding carboxylic acids is 1. The lowest BCUT2D eigenvalue weighted by Crippen LogP contribution is -2.36. The Hall–Kier alpha value is -1.17. The second-order valence-corrected chi connectivity index (χ2v) is 2.59. The van der Waals surface area contributed by atoms with Crippen molar-refractivity contribution in [1.29, 1.82) is 0 Å². The Labute approximate surface area is 75.9 Å². The first kappa shape index (κ1) is 10.8. The summed E-state index contributed by atoms with van der Waals surface area (Å²) < 4.78 is 5.46. The number of nitrogens with zero attached hydrogens (tertiary/aromatic N) is 2. The van der Waals surface area contributed by atoms with Crippen molar-refractivity contribution < 1.29 is 19.2 Å². The minimum absolute atomic E-state index is 0.199. The fraction of sp³-hybridized carbons (Fsp3) is 0.500. The molecule has 0 aliphatic rings. The van der Waals surface area contributed by atoms with Gasteiger partial charge in [0.25, 0.3) is 11.9 Å². The monoisotopic (exact) mass is 190 g/mol. The molecule has 0 N–H and O–H groups in total. The molecule has 0 aromatic heterocycles. The Balaban J connectivity index is 3.77. The number of hydrogen-bond acceptors (Lipinski definition) is 4. The standard InChI is InChI=1S/C6H10N2O3S/c1-7(2)6(12)11-4-8(3)5(9)10/h3-4H2,1-2H3. The first-order chi connectivity index (χ1) is 5.45. The molecule has 1 amide bonds. The van der Waals surface area contributed by atoms with Crippen LogP contribution in [-0.4, -0.2) is 48.3 Å². The normalized spacial score (nSPS) is 8.83. The van der Waals surface area contributed by atoms with Gasteiger partial charge in [0.05, 0.1) is 0 Å². The third-order valence-electron chi connectivity index (χ3n) is 0.967. The molecule has 6 heteroatoms. The van der Waals surface area contributed by atoms with Crippen molar-refractivity contribution in [1.82, 2.24) is 4.90 Å². The summed E-state index contributed by atoms with van der Waals surface area (Å²) in [6, 6.07) is 0. The molecule has 0 saturated heterocycles. The summed E-state index contributed by atoms with van der Waals surface area (Å²) in [7, 11) is 3.38. The molecule has 0 rings (SSSR count). The Bertz CT molecular complexity index is 215. The van der Waals surface area contributed by atoms with E-state index in [1.54, 1.807) is 19.0 Å². The van der Waals surface area contributed by atoms with Gasteiger partial charge in [-0.1, -0.05) is 0 Å². The lowest BCUT2D eigenvalue weighted by Gasteiger charge is -2.12. The molecule has 0 aliphatic carbocycles. The second-order valence-electron chi connectivity index (χ2n) is 2.24. The van der Waals surface area contributed by atoms with Crippen molar-refractivity contribution >= 4 is 30.2 Å². The quantitative estimate of drug-likeness (QED) is 0.238. The van der Waals surface area contributed by atoms with Crippen LogP contribution >= 0.6 is 12.2 Å². The Kier molecular flexibility index (Phi) is 4.20. The van der Waals surface area contributed by atoms with Crippen LogP contribution in [0.2, 0.25) is 0 Å². The number of amides is 1. The zero-order valence-corrected chi connectivity index (χ0v) is 7.76. The number of hydrogen-bond donors (Lipinski definition) is 0. The molecule has 68 valence electrons. The molecule has 0 aromatic carbocycles. The van der Waals surface area contributed by atoms with Gasteiger partial charge in [0.2, 0.25) is 0 Å². The first-order valence-corrected chi connectivity index (χ1v) is 3.49. The highest BCUT2D eigenvalue weighted by Gasteiger charge is 2.05. The van der Waals surface area contributed by atoms with Gasteiger partial charge in [-0.2, -0.15) is 4.58 Å². The highest BCUT2D eigenvalue weighted by molar-refractivity contribution is 7.80. The van der Waals surface area contributed by atoms with E-state index in [-0.39, 0.29) is 11.9 Å². The first-order valence-electron chi connectivity index (χ1n) is 3.08. The maximum Gasteiger partial charge on any atom is 0.340 e. The van der Waals surface area contributed by atoms with E-state index in [0.29, 0.717) is 4.58 Å². The molecule has 0 fully saturated rings. The lowest BCUT2D eigenvalue weighted by molar-refractivity contribution is -0.535. The summed E-state index contributed by atoms with van der Waals surface area (Å²) >= 11 is 4.72. The van der Waals surface area contributed by atoms with Crippen molar-refractivity contribution in [3.8, 4) is 0 Å². The van der Waals surface area contributed by atoms with Gasteiger partial charge in [-0.3, -0.25) is 0 Å². The van der Waals surface area contributed by atoms with Gasteiger partial charge in [-0.05, 0) is 12.2 Å². The topological polar surface area (TPSA) is 55.6 Å². The van der Waals surface area contributed by atoms with E-state index < -0.39 is 6.09 Å². The minimum Gasteiger partial charge on any atom is -0.490 e. The fourth-order valence-corrected chi connectivity index (χ4v) is 0.368. The van der Waals surface area contributed by atoms with Crippen LogP contribution in [0.15, 0.2) is 0 Å². The van der Waals surface area contributed by atoms with E-state index in [9.17, 15) is 9.90 Å². The number of carboxylic acid groups (broad SMARTS) is 1. The molecule has 0 bridgehead atoms. The largest absolute Gasteiger partial charge is 0.490 e. The summed E-state index contributed by atoms with van der Waals surface area (Å²) in [6.07, 6.45) is -1.41. The van der Waals surface area contributed by atoms with E-state index in [4.69, 9.17) is 17.0 Å². The van der Waals surface area contributed by atoms with Crippen LogP contribution in [0.1, 0.15) is 0 Å². The summed E-state index contributed by atoms with van der Waals surface area (Å²) in [4.78, 5) is 11.6. The van der Waals surface area contributed by atoms with Gasteiger partial charge in [0.15, 0.2) is 0 Å². The van der Waals surface area contributed by atoms with Crippen molar-refractivity contribution in [3.63, 3.8) is 0 Å². The molecule has 0 saturated carbocycles. The molecular formula is C6H10N2O3S. The third kappa shape index (κ3) is 3.87. The van der Waals surface area contributed by atoms with Crippen molar-refractivity contribution in [2.75, 3.05) is 20.8 Å². The van der Waals surface area contributed by atoms with E-state index in [1.165, 1.54) is 0 Å². The van der Waals surface area contributed by atoms with Crippen LogP contribution < -0.4 is 5.11 Å². The smallest absolute Gasteiger partial charge is 0.340 e. The van der Waals surface area contributed by atoms with Crippen LogP contribution in [-0.2, 0) is 4.74 Å². The molecule has 5 nitrogen and oxygen atoms in total. The maximum atomic E-state index is 10.1. The van der Waals surface area contributed by atoms with Gasteiger partial charge < -0.3 is 19.5 Å². The summed E-state index contributed by atoms with van der Waals surface area (Å²) in [5.74, 6) is 0. The van der Waals surface area contributed by atoms with Crippen LogP contribution in [0, 0.1) is 0 Å². The average Bonchev–Trinajstić information content (AvgIpc) is 1.98. The van der Waals surface area contributed by atoms with E-state index in [1.807, 2.05) is 0 Å². The van der Waals surface area contributed by atoms with Crippen molar-refractivity contribution in [2.24, 2.45) is 0 Å². The van der Waals surface area contributed by atoms with Gasteiger partial charge in [0.1, 0.15) is 6.72 Å². The second kappa shape index (κ2) is 4.66. The number of ether oxygens (including phenoxy) is 1. The average molecular weight is 190 g/mol. The summed E-state index contributed by atoms with van der Waals surface area (Å²) in [5, 5.41) is 10.3. The van der Waals surface area contributed by atoms with Gasteiger partial charge >= 0.3 is 6.09 Å². The van der Waals surface area contributed by atoms with Gasteiger partial charge in [0, 0.05) is 14.1 Å². The molecule has 0 aromatic rings. The molecular weight excluding hydrogens is 180 g/mol. The SMILES string of the molecule is C=[N+](COC(=S)N(C)C)C(=O)[O-]. The lowest BCUT2D eigenvalue weighted by atomic mass is 10.9. The van der Waals surface area contributed by atoms with Crippen molar-refractivity contribution in [3.05, 3.63) is 0 Å². The molecule has 0 spiro atoms. The number of rotatable bonds is 2. The Morgan fingerprint density at radius 1 is 1.75 bits per heavy atom.